The van der Waals surface area contributed by atoms with Gasteiger partial charge >= 0.3 is 6.18 Å². The molecule has 0 bridgehead atoms. The molecule has 0 atom stereocenters. The van der Waals surface area contributed by atoms with Crippen LogP contribution in [-0.2, 0) is 27.4 Å². The summed E-state index contributed by atoms with van der Waals surface area (Å²) >= 11 is 5.85. The van der Waals surface area contributed by atoms with Crippen LogP contribution in [0.4, 0.5) is 18.9 Å². The number of carbonyl (C=O) groups is 1. The molecular weight excluding hydrogens is 477 g/mol. The Morgan fingerprint density at radius 1 is 0.909 bits per heavy atom. The van der Waals surface area contributed by atoms with Gasteiger partial charge in [0.25, 0.3) is 0 Å². The van der Waals surface area contributed by atoms with E-state index >= 15 is 0 Å². The Morgan fingerprint density at radius 3 is 2.09 bits per heavy atom. The minimum Gasteiger partial charge on any atom is -0.325 e. The van der Waals surface area contributed by atoms with Gasteiger partial charge in [-0.25, -0.2) is 8.42 Å². The first-order valence-corrected chi connectivity index (χ1v) is 11.6. The molecule has 0 saturated carbocycles. The second-order valence-electron chi connectivity index (χ2n) is 7.15. The van der Waals surface area contributed by atoms with Crippen LogP contribution < -0.4 is 5.32 Å². The van der Waals surface area contributed by atoms with Crippen LogP contribution in [0.5, 0.6) is 0 Å². The van der Waals surface area contributed by atoms with E-state index in [1.807, 2.05) is 30.3 Å². The van der Waals surface area contributed by atoms with Crippen molar-refractivity contribution in [3.05, 3.63) is 95.0 Å². The van der Waals surface area contributed by atoms with E-state index in [9.17, 15) is 26.4 Å². The van der Waals surface area contributed by atoms with Crippen molar-refractivity contribution in [1.29, 1.82) is 0 Å². The van der Waals surface area contributed by atoms with Gasteiger partial charge in [0, 0.05) is 17.3 Å². The summed E-state index contributed by atoms with van der Waals surface area (Å²) in [6.45, 7) is -0.492. The van der Waals surface area contributed by atoms with E-state index in [1.54, 1.807) is 0 Å². The fourth-order valence-corrected chi connectivity index (χ4v) is 4.56. The lowest BCUT2D eigenvalue weighted by molar-refractivity contribution is -0.137. The molecule has 1 N–H and O–H groups in total. The summed E-state index contributed by atoms with van der Waals surface area (Å²) in [5.74, 6) is -0.680. The second-order valence-corrected chi connectivity index (χ2v) is 9.53. The molecule has 0 aliphatic carbocycles. The van der Waals surface area contributed by atoms with Crippen molar-refractivity contribution in [1.82, 2.24) is 4.31 Å². The topological polar surface area (TPSA) is 66.5 Å². The zero-order valence-corrected chi connectivity index (χ0v) is 18.8. The summed E-state index contributed by atoms with van der Waals surface area (Å²) in [5.41, 5.74) is 0.159. The molecule has 0 aliphatic heterocycles. The van der Waals surface area contributed by atoms with Crippen LogP contribution in [0.15, 0.2) is 83.8 Å². The lowest BCUT2D eigenvalue weighted by Crippen LogP contribution is -2.39. The summed E-state index contributed by atoms with van der Waals surface area (Å²) in [7, 11) is -4.04. The number of anilines is 1. The Balaban J connectivity index is 1.78. The fourth-order valence-electron chi connectivity index (χ4n) is 3.04. The molecule has 0 heterocycles. The smallest absolute Gasteiger partial charge is 0.325 e. The monoisotopic (exact) mass is 496 g/mol. The van der Waals surface area contributed by atoms with Gasteiger partial charge in [-0.15, -0.1) is 0 Å². The van der Waals surface area contributed by atoms with E-state index in [4.69, 9.17) is 11.6 Å². The lowest BCUT2D eigenvalue weighted by atomic mass is 10.1. The van der Waals surface area contributed by atoms with Gasteiger partial charge in [-0.3, -0.25) is 4.79 Å². The molecule has 5 nitrogen and oxygen atoms in total. The molecular formula is C23H20ClF3N2O3S. The first-order valence-electron chi connectivity index (χ1n) is 9.82. The third-order valence-corrected chi connectivity index (χ3v) is 6.87. The first kappa shape index (κ1) is 24.8. The maximum atomic E-state index is 13.2. The third kappa shape index (κ3) is 6.80. The molecule has 10 heteroatoms. The van der Waals surface area contributed by atoms with E-state index in [1.165, 1.54) is 24.3 Å². The molecule has 3 aromatic carbocycles. The second kappa shape index (κ2) is 10.4. The Morgan fingerprint density at radius 2 is 1.52 bits per heavy atom. The third-order valence-electron chi connectivity index (χ3n) is 4.76. The molecule has 0 saturated heterocycles. The Hall–Kier alpha value is -2.88. The Kier molecular flexibility index (Phi) is 7.78. The van der Waals surface area contributed by atoms with Crippen LogP contribution >= 0.6 is 11.6 Å². The average molecular weight is 497 g/mol. The summed E-state index contributed by atoms with van der Waals surface area (Å²) < 4.78 is 65.6. The zero-order valence-electron chi connectivity index (χ0n) is 17.2. The SMILES string of the molecule is O=C(CN(CCc1ccccc1)S(=O)(=O)c1ccc(Cl)cc1)Nc1ccc(C(F)(F)F)cc1. The predicted octanol–water partition coefficient (Wildman–Crippen LogP) is 5.23. The first-order chi connectivity index (χ1) is 15.6. The van der Waals surface area contributed by atoms with Gasteiger partial charge in [-0.1, -0.05) is 41.9 Å². The van der Waals surface area contributed by atoms with E-state index < -0.39 is 34.2 Å². The number of rotatable bonds is 8. The molecule has 0 spiro atoms. The number of sulfonamides is 1. The lowest BCUT2D eigenvalue weighted by Gasteiger charge is -2.22. The van der Waals surface area contributed by atoms with E-state index in [2.05, 4.69) is 5.32 Å². The molecule has 174 valence electrons. The molecule has 3 rings (SSSR count). The minimum absolute atomic E-state index is 0.0232. The maximum absolute atomic E-state index is 13.2. The van der Waals surface area contributed by atoms with Crippen molar-refractivity contribution in [2.24, 2.45) is 0 Å². The molecule has 0 unspecified atom stereocenters. The van der Waals surface area contributed by atoms with Crippen LogP contribution in [0.2, 0.25) is 5.02 Å². The molecule has 1 amide bonds. The average Bonchev–Trinajstić information content (AvgIpc) is 2.77. The fraction of sp³-hybridized carbons (Fsp3) is 0.174. The molecule has 0 radical (unpaired) electrons. The van der Waals surface area contributed by atoms with Crippen molar-refractivity contribution in [3.8, 4) is 0 Å². The van der Waals surface area contributed by atoms with E-state index in [-0.39, 0.29) is 17.1 Å². The largest absolute Gasteiger partial charge is 0.416 e. The number of nitrogens with zero attached hydrogens (tertiary/aromatic N) is 1. The number of nitrogens with one attached hydrogen (secondary N) is 1. The van der Waals surface area contributed by atoms with Crippen molar-refractivity contribution < 1.29 is 26.4 Å². The summed E-state index contributed by atoms with van der Waals surface area (Å²) in [6.07, 6.45) is -4.13. The summed E-state index contributed by atoms with van der Waals surface area (Å²) in [5, 5.41) is 2.81. The van der Waals surface area contributed by atoms with Crippen molar-refractivity contribution in [2.45, 2.75) is 17.5 Å². The van der Waals surface area contributed by atoms with E-state index in [0.717, 1.165) is 34.1 Å². The van der Waals surface area contributed by atoms with E-state index in [0.29, 0.717) is 11.4 Å². The number of benzene rings is 3. The van der Waals surface area contributed by atoms with Crippen molar-refractivity contribution in [2.75, 3.05) is 18.4 Å². The van der Waals surface area contributed by atoms with Crippen LogP contribution in [-0.4, -0.2) is 31.7 Å². The highest BCUT2D eigenvalue weighted by molar-refractivity contribution is 7.89. The highest BCUT2D eigenvalue weighted by Crippen LogP contribution is 2.29. The minimum atomic E-state index is -4.50. The van der Waals surface area contributed by atoms with Crippen LogP contribution in [0.25, 0.3) is 0 Å². The normalized spacial score (nSPS) is 12.0. The summed E-state index contributed by atoms with van der Waals surface area (Å²) in [6, 6.07) is 18.6. The highest BCUT2D eigenvalue weighted by atomic mass is 35.5. The van der Waals surface area contributed by atoms with Gasteiger partial charge in [0.1, 0.15) is 0 Å². The standard InChI is InChI=1S/C23H20ClF3N2O3S/c24-19-8-12-21(13-9-19)33(31,32)29(15-14-17-4-2-1-3-5-17)16-22(30)28-20-10-6-18(7-11-20)23(25,26)27/h1-13H,14-16H2,(H,28,30). The van der Waals surface area contributed by atoms with Gasteiger partial charge in [0.05, 0.1) is 17.0 Å². The maximum Gasteiger partial charge on any atom is 0.416 e. The van der Waals surface area contributed by atoms with Gasteiger partial charge < -0.3 is 5.32 Å². The van der Waals surface area contributed by atoms with Gasteiger partial charge in [0.15, 0.2) is 0 Å². The van der Waals surface area contributed by atoms with Crippen molar-refractivity contribution in [3.63, 3.8) is 0 Å². The Bertz CT molecular complexity index is 1180. The van der Waals surface area contributed by atoms with Gasteiger partial charge in [-0.05, 0) is 60.5 Å². The number of hydrogen-bond acceptors (Lipinski definition) is 3. The number of carbonyl (C=O) groups excluding carboxylic acids is 1. The highest BCUT2D eigenvalue weighted by Gasteiger charge is 2.30. The summed E-state index contributed by atoms with van der Waals surface area (Å²) in [4.78, 5) is 12.6. The van der Waals surface area contributed by atoms with Gasteiger partial charge in [0.2, 0.25) is 15.9 Å². The number of alkyl halides is 3. The molecule has 0 fully saturated rings. The molecule has 33 heavy (non-hydrogen) atoms. The number of halogens is 4. The zero-order chi connectivity index (χ0) is 24.1. The van der Waals surface area contributed by atoms with Gasteiger partial charge in [-0.2, -0.15) is 17.5 Å². The molecule has 0 aromatic heterocycles. The molecule has 0 aliphatic rings. The Labute approximate surface area is 194 Å². The quantitative estimate of drug-likeness (QED) is 0.464. The van der Waals surface area contributed by atoms with Crippen LogP contribution in [0, 0.1) is 0 Å². The van der Waals surface area contributed by atoms with Crippen LogP contribution in [0.1, 0.15) is 11.1 Å². The number of hydrogen-bond donors (Lipinski definition) is 1. The van der Waals surface area contributed by atoms with Crippen molar-refractivity contribution >= 4 is 33.2 Å². The molecule has 3 aromatic rings. The van der Waals surface area contributed by atoms with Crippen LogP contribution in [0.3, 0.4) is 0 Å². The number of amides is 1. The predicted molar refractivity (Wildman–Crippen MR) is 120 cm³/mol.